The van der Waals surface area contributed by atoms with Gasteiger partial charge in [0, 0.05) is 43.3 Å². The van der Waals surface area contributed by atoms with Gasteiger partial charge in [-0.05, 0) is 68.0 Å². The molecule has 1 N–H and O–H groups in total. The van der Waals surface area contributed by atoms with E-state index in [4.69, 9.17) is 18.6 Å². The van der Waals surface area contributed by atoms with Crippen molar-refractivity contribution in [3.8, 4) is 0 Å². The Kier molecular flexibility index (Phi) is 7.38. The number of aliphatic hydroxyl groups is 1. The fourth-order valence-electron chi connectivity index (χ4n) is 8.01. The van der Waals surface area contributed by atoms with Crippen LogP contribution in [0.4, 0.5) is 0 Å². The molecule has 0 aromatic rings. The summed E-state index contributed by atoms with van der Waals surface area (Å²) < 4.78 is 25.4. The molecule has 7 heteroatoms. The number of carbonyl (C=O) groups is 1. The molecule has 1 heterocycles. The summed E-state index contributed by atoms with van der Waals surface area (Å²) in [7, 11) is -1.92. The SMILES string of the molecule is CC(=O)O[C@H]1C[C@@H](O[Si](C)(C)C(C)(C)C)CC[C@]1(C)C1CC[C@@]2(C)C(CCC23OCCO3)[C@@H]1CO. The van der Waals surface area contributed by atoms with Crippen molar-refractivity contribution in [3.63, 3.8) is 0 Å². The highest BCUT2D eigenvalue weighted by Crippen LogP contribution is 2.66. The number of fused-ring (bicyclic) bond motifs is 2. The molecule has 1 spiro atoms. The fourth-order valence-corrected chi connectivity index (χ4v) is 9.41. The van der Waals surface area contributed by atoms with Gasteiger partial charge in [-0.3, -0.25) is 4.79 Å². The largest absolute Gasteiger partial charge is 0.462 e. The topological polar surface area (TPSA) is 74.2 Å². The Hall–Kier alpha value is -0.473. The summed E-state index contributed by atoms with van der Waals surface area (Å²) in [6.45, 7) is 19.1. The van der Waals surface area contributed by atoms with Gasteiger partial charge in [0.2, 0.25) is 0 Å². The van der Waals surface area contributed by atoms with E-state index in [1.807, 2.05) is 0 Å². The maximum absolute atomic E-state index is 12.3. The van der Waals surface area contributed by atoms with E-state index >= 15 is 0 Å². The van der Waals surface area contributed by atoms with E-state index in [1.165, 1.54) is 6.92 Å². The molecule has 0 amide bonds. The molecule has 4 fully saturated rings. The lowest BCUT2D eigenvalue weighted by atomic mass is 9.51. The van der Waals surface area contributed by atoms with Crippen LogP contribution in [-0.4, -0.2) is 57.2 Å². The predicted molar refractivity (Wildman–Crippen MR) is 138 cm³/mol. The van der Waals surface area contributed by atoms with Gasteiger partial charge < -0.3 is 23.7 Å². The van der Waals surface area contributed by atoms with Crippen molar-refractivity contribution in [1.29, 1.82) is 0 Å². The summed E-state index contributed by atoms with van der Waals surface area (Å²) in [5, 5.41) is 10.9. The lowest BCUT2D eigenvalue weighted by molar-refractivity contribution is -0.247. The summed E-state index contributed by atoms with van der Waals surface area (Å²) in [5.41, 5.74) is -0.260. The molecule has 0 aromatic heterocycles. The number of hydrogen-bond donors (Lipinski definition) is 1. The summed E-state index contributed by atoms with van der Waals surface area (Å²) in [5.74, 6) is 0.0893. The van der Waals surface area contributed by atoms with Gasteiger partial charge >= 0.3 is 5.97 Å². The molecular weight excluding hydrogens is 460 g/mol. The molecule has 3 aliphatic carbocycles. The molecule has 0 aromatic carbocycles. The van der Waals surface area contributed by atoms with Crippen LogP contribution in [0.3, 0.4) is 0 Å². The van der Waals surface area contributed by atoms with Gasteiger partial charge in [-0.2, -0.15) is 0 Å². The van der Waals surface area contributed by atoms with Crippen LogP contribution in [0.2, 0.25) is 18.1 Å². The molecule has 0 bridgehead atoms. The average Bonchev–Trinajstić information content (AvgIpc) is 3.34. The smallest absolute Gasteiger partial charge is 0.302 e. The second-order valence-electron chi connectivity index (χ2n) is 13.9. The van der Waals surface area contributed by atoms with E-state index < -0.39 is 14.1 Å². The number of carbonyl (C=O) groups excluding carboxylic acids is 1. The Morgan fingerprint density at radius 3 is 2.23 bits per heavy atom. The predicted octanol–water partition coefficient (Wildman–Crippen LogP) is 5.68. The summed E-state index contributed by atoms with van der Waals surface area (Å²) in [4.78, 5) is 12.3. The van der Waals surface area contributed by atoms with Gasteiger partial charge in [-0.1, -0.05) is 34.6 Å². The summed E-state index contributed by atoms with van der Waals surface area (Å²) >= 11 is 0. The quantitative estimate of drug-likeness (QED) is 0.379. The van der Waals surface area contributed by atoms with Gasteiger partial charge in [0.1, 0.15) is 6.10 Å². The Labute approximate surface area is 213 Å². The molecular formula is C28H50O6Si. The van der Waals surface area contributed by atoms with Crippen LogP contribution in [0, 0.1) is 28.6 Å². The highest BCUT2D eigenvalue weighted by molar-refractivity contribution is 6.74. The van der Waals surface area contributed by atoms with Crippen LogP contribution >= 0.6 is 0 Å². The van der Waals surface area contributed by atoms with Gasteiger partial charge in [-0.25, -0.2) is 0 Å². The molecule has 7 atom stereocenters. The van der Waals surface area contributed by atoms with Gasteiger partial charge in [0.15, 0.2) is 14.1 Å². The average molecular weight is 511 g/mol. The molecule has 202 valence electrons. The Bertz CT molecular complexity index is 787. The molecule has 4 rings (SSSR count). The van der Waals surface area contributed by atoms with Crippen LogP contribution in [0.15, 0.2) is 0 Å². The van der Waals surface area contributed by atoms with E-state index in [0.29, 0.717) is 25.0 Å². The molecule has 3 saturated carbocycles. The minimum absolute atomic E-state index is 0.0800. The van der Waals surface area contributed by atoms with Gasteiger partial charge in [-0.15, -0.1) is 0 Å². The van der Waals surface area contributed by atoms with Crippen molar-refractivity contribution in [2.24, 2.45) is 28.6 Å². The van der Waals surface area contributed by atoms with Crippen molar-refractivity contribution < 1.29 is 28.5 Å². The molecule has 1 aliphatic heterocycles. The minimum atomic E-state index is -1.92. The summed E-state index contributed by atoms with van der Waals surface area (Å²) in [6, 6.07) is 0. The first-order chi connectivity index (χ1) is 16.2. The molecule has 35 heavy (non-hydrogen) atoms. The number of esters is 1. The van der Waals surface area contributed by atoms with E-state index in [9.17, 15) is 9.90 Å². The first-order valence-electron chi connectivity index (χ1n) is 13.9. The Balaban J connectivity index is 1.57. The highest BCUT2D eigenvalue weighted by Gasteiger charge is 2.66. The van der Waals surface area contributed by atoms with E-state index in [2.05, 4.69) is 47.7 Å². The van der Waals surface area contributed by atoms with Gasteiger partial charge in [0.05, 0.1) is 13.2 Å². The Morgan fingerprint density at radius 1 is 1.03 bits per heavy atom. The molecule has 2 unspecified atom stereocenters. The zero-order valence-corrected chi connectivity index (χ0v) is 24.4. The third-order valence-electron chi connectivity index (χ3n) is 11.1. The third kappa shape index (κ3) is 4.56. The normalized spacial score (nSPS) is 41.7. The van der Waals surface area contributed by atoms with Crippen molar-refractivity contribution >= 4 is 14.3 Å². The molecule has 0 radical (unpaired) electrons. The van der Waals surface area contributed by atoms with Crippen molar-refractivity contribution in [3.05, 3.63) is 0 Å². The maximum atomic E-state index is 12.3. The van der Waals surface area contributed by atoms with Crippen molar-refractivity contribution in [2.45, 2.75) is 123 Å². The van der Waals surface area contributed by atoms with Crippen molar-refractivity contribution in [1.82, 2.24) is 0 Å². The van der Waals surface area contributed by atoms with Crippen LogP contribution in [0.1, 0.15) is 86.5 Å². The number of aliphatic hydroxyl groups excluding tert-OH is 1. The van der Waals surface area contributed by atoms with Crippen LogP contribution in [-0.2, 0) is 23.4 Å². The number of rotatable bonds is 5. The van der Waals surface area contributed by atoms with Gasteiger partial charge in [0.25, 0.3) is 0 Å². The standard InChI is InChI=1S/C28H50O6Si/c1-19(30)33-24-17-20(34-35(7,8)25(2,3)4)9-12-26(24,5)22-10-13-27(6)23(21(22)18-29)11-14-28(27)31-15-16-32-28/h20-24,29H,9-18H2,1-8H3/t20-,21+,22?,23?,24-,26+,27-/m0/s1. The first-order valence-corrected chi connectivity index (χ1v) is 16.8. The van der Waals surface area contributed by atoms with E-state index in [0.717, 1.165) is 44.9 Å². The zero-order valence-electron chi connectivity index (χ0n) is 23.4. The summed E-state index contributed by atoms with van der Waals surface area (Å²) in [6.07, 6.45) is 6.54. The first kappa shape index (κ1) is 27.6. The monoisotopic (exact) mass is 510 g/mol. The van der Waals surface area contributed by atoms with Crippen LogP contribution < -0.4 is 0 Å². The Morgan fingerprint density at radius 2 is 1.66 bits per heavy atom. The van der Waals surface area contributed by atoms with Crippen molar-refractivity contribution in [2.75, 3.05) is 19.8 Å². The molecule has 1 saturated heterocycles. The second-order valence-corrected chi connectivity index (χ2v) is 18.6. The number of hydrogen-bond acceptors (Lipinski definition) is 6. The van der Waals surface area contributed by atoms with E-state index in [-0.39, 0.29) is 46.6 Å². The molecule has 6 nitrogen and oxygen atoms in total. The van der Waals surface area contributed by atoms with Crippen LogP contribution in [0.25, 0.3) is 0 Å². The lowest BCUT2D eigenvalue weighted by Gasteiger charge is -2.57. The third-order valence-corrected chi connectivity index (χ3v) is 15.6. The second kappa shape index (κ2) is 9.37. The molecule has 4 aliphatic rings. The maximum Gasteiger partial charge on any atom is 0.302 e. The fraction of sp³-hybridized carbons (Fsp3) is 0.964. The minimum Gasteiger partial charge on any atom is -0.462 e. The van der Waals surface area contributed by atoms with Crippen LogP contribution in [0.5, 0.6) is 0 Å². The highest BCUT2D eigenvalue weighted by atomic mass is 28.4. The van der Waals surface area contributed by atoms with E-state index in [1.54, 1.807) is 0 Å². The lowest BCUT2D eigenvalue weighted by Crippen LogP contribution is -2.58. The number of ether oxygens (including phenoxy) is 3. The zero-order chi connectivity index (χ0) is 25.9.